The molecule has 1 saturated heterocycles. The van der Waals surface area contributed by atoms with Gasteiger partial charge in [0.05, 0.1) is 84.1 Å². The zero-order valence-corrected chi connectivity index (χ0v) is 34.2. The van der Waals surface area contributed by atoms with Gasteiger partial charge in [0.15, 0.2) is 0 Å². The van der Waals surface area contributed by atoms with Crippen LogP contribution in [-0.2, 0) is 58.8 Å². The molecule has 20 nitrogen and oxygen atoms in total. The molecule has 1 aliphatic heterocycles. The summed E-state index contributed by atoms with van der Waals surface area (Å²) >= 11 is 5.87. The van der Waals surface area contributed by atoms with Gasteiger partial charge in [0.25, 0.3) is 5.79 Å². The van der Waals surface area contributed by atoms with Gasteiger partial charge in [-0.15, -0.1) is 0 Å². The summed E-state index contributed by atoms with van der Waals surface area (Å²) in [6, 6.07) is 5.04. The van der Waals surface area contributed by atoms with Gasteiger partial charge in [-0.3, -0.25) is 19.2 Å². The maximum absolute atomic E-state index is 12.5. The van der Waals surface area contributed by atoms with Gasteiger partial charge in [-0.2, -0.15) is 0 Å². The summed E-state index contributed by atoms with van der Waals surface area (Å²) < 4.78 is 32.9. The van der Waals surface area contributed by atoms with Crippen LogP contribution in [0.5, 0.6) is 0 Å². The fraction of sp³-hybridized carbons (Fsp3) is 0.711. The molecule has 0 unspecified atom stereocenters. The molecule has 0 saturated carbocycles. The second-order valence-corrected chi connectivity index (χ2v) is 14.1. The number of halogens is 1. The third-order valence-corrected chi connectivity index (χ3v) is 9.08. The number of carbonyl (C=O) groups is 5. The van der Waals surface area contributed by atoms with Gasteiger partial charge < -0.3 is 75.2 Å². The van der Waals surface area contributed by atoms with Crippen molar-refractivity contribution < 1.29 is 77.9 Å². The Kier molecular flexibility index (Phi) is 25.9. The van der Waals surface area contributed by atoms with Gasteiger partial charge in [-0.25, -0.2) is 4.79 Å². The minimum atomic E-state index is -2.47. The molecule has 1 heterocycles. The molecule has 9 N–H and O–H groups in total. The van der Waals surface area contributed by atoms with Crippen LogP contribution in [0.1, 0.15) is 51.0 Å². The van der Waals surface area contributed by atoms with E-state index in [9.17, 15) is 49.5 Å². The third-order valence-electron chi connectivity index (χ3n) is 8.83. The molecular formula is C38H61ClN4O16. The van der Waals surface area contributed by atoms with E-state index in [4.69, 9.17) is 40.0 Å². The number of aliphatic hydroxyl groups is 4. The lowest BCUT2D eigenvalue weighted by Gasteiger charge is -2.46. The van der Waals surface area contributed by atoms with Crippen LogP contribution in [0.3, 0.4) is 0 Å². The maximum Gasteiger partial charge on any atom is 0.364 e. The van der Waals surface area contributed by atoms with E-state index in [1.807, 2.05) is 0 Å². The fourth-order valence-electron chi connectivity index (χ4n) is 5.71. The van der Waals surface area contributed by atoms with Crippen molar-refractivity contribution in [1.29, 1.82) is 0 Å². The minimum Gasteiger partial charge on any atom is -0.477 e. The fourth-order valence-corrected chi connectivity index (χ4v) is 5.84. The SMILES string of the molecule is CC(=O)NCCOCCOCCOCCOCCC(=O)NCCCCCCO[C@]1(C(=O)O)C[C@H](O)[C@@H](NC(=O)CO)[C@H]([C@H](O)[C@H](O)CNC(=O)Cc2ccc(Cl)cc2)O1. The number of rotatable bonds is 32. The molecule has 336 valence electrons. The van der Waals surface area contributed by atoms with Crippen LogP contribution in [0.25, 0.3) is 0 Å². The summed E-state index contributed by atoms with van der Waals surface area (Å²) in [6.45, 7) is 3.65. The first-order valence-electron chi connectivity index (χ1n) is 19.6. The number of nitrogens with one attached hydrogen (secondary N) is 4. The number of carboxylic acids is 1. The number of hydrogen-bond donors (Lipinski definition) is 9. The van der Waals surface area contributed by atoms with Gasteiger partial charge in [-0.1, -0.05) is 36.6 Å². The van der Waals surface area contributed by atoms with Crippen LogP contribution in [0.2, 0.25) is 5.02 Å². The number of hydrogen-bond acceptors (Lipinski definition) is 15. The van der Waals surface area contributed by atoms with E-state index in [0.29, 0.717) is 95.6 Å². The number of aliphatic hydroxyl groups excluding tert-OH is 4. The van der Waals surface area contributed by atoms with Crippen LogP contribution in [-0.4, -0.2) is 177 Å². The lowest BCUT2D eigenvalue weighted by molar-refractivity contribution is -0.310. The second kappa shape index (κ2) is 29.6. The number of carbonyl (C=O) groups excluding carboxylic acids is 4. The molecule has 2 rings (SSSR count). The highest BCUT2D eigenvalue weighted by Gasteiger charge is 2.55. The number of ether oxygens (including phenoxy) is 6. The van der Waals surface area contributed by atoms with Crippen LogP contribution in [0, 0.1) is 0 Å². The molecule has 21 heteroatoms. The monoisotopic (exact) mass is 864 g/mol. The maximum atomic E-state index is 12.5. The van der Waals surface area contributed by atoms with E-state index in [1.54, 1.807) is 24.3 Å². The number of unbranched alkanes of at least 4 members (excludes halogenated alkanes) is 3. The minimum absolute atomic E-state index is 0.0622. The Labute approximate surface area is 348 Å². The van der Waals surface area contributed by atoms with Crippen molar-refractivity contribution in [2.45, 2.75) is 88.1 Å². The molecule has 1 aromatic rings. The molecule has 0 aromatic heterocycles. The van der Waals surface area contributed by atoms with E-state index in [0.717, 1.165) is 0 Å². The summed E-state index contributed by atoms with van der Waals surface area (Å²) in [7, 11) is 0. The van der Waals surface area contributed by atoms with E-state index < -0.39 is 73.6 Å². The molecule has 0 radical (unpaired) electrons. The van der Waals surface area contributed by atoms with Crippen molar-refractivity contribution >= 4 is 41.2 Å². The first-order chi connectivity index (χ1) is 28.3. The van der Waals surface area contributed by atoms with Gasteiger partial charge >= 0.3 is 5.97 Å². The zero-order valence-electron chi connectivity index (χ0n) is 33.4. The summed E-state index contributed by atoms with van der Waals surface area (Å²) in [6.07, 6.45) is -5.34. The molecule has 1 aliphatic rings. The summed E-state index contributed by atoms with van der Waals surface area (Å²) in [5, 5.41) is 62.9. The van der Waals surface area contributed by atoms with Crippen LogP contribution in [0.4, 0.5) is 0 Å². The number of benzene rings is 1. The molecule has 1 aromatic carbocycles. The van der Waals surface area contributed by atoms with Crippen molar-refractivity contribution in [1.82, 2.24) is 21.3 Å². The Hall–Kier alpha value is -3.54. The standard InChI is InChI=1S/C38H61ClN4O16/c1-26(45)40-12-15-55-17-19-57-21-20-56-18-16-54-14-10-31(48)41-11-4-2-3-5-13-58-38(37(52)53)23-29(46)34(43-33(50)25-44)36(59-38)35(51)30(47)24-42-32(49)22-27-6-8-28(39)9-7-27/h6-9,29-30,34-36,44,46-47,51H,2-5,10-25H2,1H3,(H,40,45)(H,41,48)(H,42,49)(H,43,50)(H,52,53)/t29-,30+,34+,35+,36+,38+/m0/s1. The van der Waals surface area contributed by atoms with Gasteiger partial charge in [0, 0.05) is 44.4 Å². The van der Waals surface area contributed by atoms with E-state index in [2.05, 4.69) is 21.3 Å². The summed E-state index contributed by atoms with van der Waals surface area (Å²) in [5.74, 6) is -5.82. The van der Waals surface area contributed by atoms with E-state index in [1.165, 1.54) is 6.92 Å². The largest absolute Gasteiger partial charge is 0.477 e. The molecule has 0 spiro atoms. The van der Waals surface area contributed by atoms with Crippen molar-refractivity contribution in [2.75, 3.05) is 85.7 Å². The van der Waals surface area contributed by atoms with E-state index >= 15 is 0 Å². The van der Waals surface area contributed by atoms with Crippen molar-refractivity contribution in [3.05, 3.63) is 34.9 Å². The Morgan fingerprint density at radius 3 is 2.02 bits per heavy atom. The highest BCUT2D eigenvalue weighted by atomic mass is 35.5. The molecule has 0 bridgehead atoms. The first-order valence-corrected chi connectivity index (χ1v) is 20.0. The Bertz CT molecular complexity index is 1400. The van der Waals surface area contributed by atoms with Crippen molar-refractivity contribution in [3.8, 4) is 0 Å². The molecular weight excluding hydrogens is 804 g/mol. The molecule has 4 amide bonds. The molecule has 59 heavy (non-hydrogen) atoms. The zero-order chi connectivity index (χ0) is 43.5. The van der Waals surface area contributed by atoms with Crippen LogP contribution in [0.15, 0.2) is 24.3 Å². The average molecular weight is 865 g/mol. The highest BCUT2D eigenvalue weighted by molar-refractivity contribution is 6.30. The normalized spacial score (nSPS) is 20.0. The van der Waals surface area contributed by atoms with Gasteiger partial charge in [-0.05, 0) is 30.5 Å². The topological polar surface area (TPSA) is 290 Å². The lowest BCUT2D eigenvalue weighted by Crippen LogP contribution is -2.68. The van der Waals surface area contributed by atoms with Crippen LogP contribution >= 0.6 is 11.6 Å². The van der Waals surface area contributed by atoms with Crippen molar-refractivity contribution in [3.63, 3.8) is 0 Å². The second-order valence-electron chi connectivity index (χ2n) is 13.6. The average Bonchev–Trinajstić information content (AvgIpc) is 3.20. The van der Waals surface area contributed by atoms with Crippen LogP contribution < -0.4 is 21.3 Å². The predicted molar refractivity (Wildman–Crippen MR) is 209 cm³/mol. The van der Waals surface area contributed by atoms with Gasteiger partial charge in [0.1, 0.15) is 18.8 Å². The van der Waals surface area contributed by atoms with E-state index in [-0.39, 0.29) is 37.9 Å². The quantitative estimate of drug-likeness (QED) is 0.0369. The number of aliphatic carboxylic acids is 1. The first kappa shape index (κ1) is 51.6. The lowest BCUT2D eigenvalue weighted by atomic mass is 9.88. The molecule has 6 atom stereocenters. The highest BCUT2D eigenvalue weighted by Crippen LogP contribution is 2.34. The third kappa shape index (κ3) is 21.5. The number of carboxylic acid groups (broad SMARTS) is 1. The smallest absolute Gasteiger partial charge is 0.364 e. The molecule has 0 aliphatic carbocycles. The predicted octanol–water partition coefficient (Wildman–Crippen LogP) is -1.59. The van der Waals surface area contributed by atoms with Crippen molar-refractivity contribution in [2.24, 2.45) is 0 Å². The van der Waals surface area contributed by atoms with Gasteiger partial charge in [0.2, 0.25) is 23.6 Å². The summed E-state index contributed by atoms with van der Waals surface area (Å²) in [5.41, 5.74) is 0.634. The Morgan fingerprint density at radius 1 is 0.797 bits per heavy atom. The number of amides is 4. The molecule has 1 fully saturated rings. The Morgan fingerprint density at radius 2 is 1.41 bits per heavy atom. The Balaban J connectivity index is 1.66. The summed E-state index contributed by atoms with van der Waals surface area (Å²) in [4.78, 5) is 59.9.